The van der Waals surface area contributed by atoms with Crippen molar-refractivity contribution in [1.82, 2.24) is 5.32 Å². The number of aliphatic hydroxyl groups excluding tert-OH is 4. The van der Waals surface area contributed by atoms with Crippen LogP contribution in [0, 0.1) is 0 Å². The summed E-state index contributed by atoms with van der Waals surface area (Å²) in [5.74, 6) is -2.54. The van der Waals surface area contributed by atoms with Crippen molar-refractivity contribution in [3.63, 3.8) is 0 Å². The van der Waals surface area contributed by atoms with Gasteiger partial charge in [0.15, 0.2) is 0 Å². The van der Waals surface area contributed by atoms with E-state index in [1.807, 2.05) is 0 Å². The van der Waals surface area contributed by atoms with Gasteiger partial charge in [0.25, 0.3) is 0 Å². The summed E-state index contributed by atoms with van der Waals surface area (Å²) in [5, 5.41) is 57.8. The van der Waals surface area contributed by atoms with Gasteiger partial charge in [-0.15, -0.1) is 0 Å². The number of aliphatic carboxylic acids is 2. The third-order valence-corrected chi connectivity index (χ3v) is 3.20. The Labute approximate surface area is 119 Å². The van der Waals surface area contributed by atoms with Gasteiger partial charge in [-0.25, -0.2) is 0 Å². The van der Waals surface area contributed by atoms with Crippen molar-refractivity contribution >= 4 is 11.9 Å². The Hall–Kier alpha value is -1.30. The van der Waals surface area contributed by atoms with Crippen LogP contribution in [0.1, 0.15) is 12.8 Å². The predicted molar refractivity (Wildman–Crippen MR) is 65.2 cm³/mol. The molecule has 21 heavy (non-hydrogen) atoms. The zero-order chi connectivity index (χ0) is 16.2. The van der Waals surface area contributed by atoms with Gasteiger partial charge in [-0.3, -0.25) is 14.9 Å². The van der Waals surface area contributed by atoms with Gasteiger partial charge in [0.05, 0.1) is 6.61 Å². The first-order valence-electron chi connectivity index (χ1n) is 6.29. The molecular weight excluding hydrogens is 290 g/mol. The van der Waals surface area contributed by atoms with E-state index >= 15 is 0 Å². The van der Waals surface area contributed by atoms with Crippen molar-refractivity contribution in [3.05, 3.63) is 0 Å². The Morgan fingerprint density at radius 2 is 1.71 bits per heavy atom. The highest BCUT2D eigenvalue weighted by Gasteiger charge is 2.44. The summed E-state index contributed by atoms with van der Waals surface area (Å²) in [5.41, 5.74) is 0. The second-order valence-corrected chi connectivity index (χ2v) is 4.74. The van der Waals surface area contributed by atoms with E-state index in [1.54, 1.807) is 0 Å². The minimum absolute atomic E-state index is 0.264. The van der Waals surface area contributed by atoms with Crippen LogP contribution in [0.2, 0.25) is 0 Å². The van der Waals surface area contributed by atoms with Crippen molar-refractivity contribution in [3.8, 4) is 0 Å². The van der Waals surface area contributed by atoms with Crippen LogP contribution in [0.3, 0.4) is 0 Å². The first-order valence-corrected chi connectivity index (χ1v) is 6.29. The van der Waals surface area contributed by atoms with Crippen LogP contribution in [0.4, 0.5) is 0 Å². The average molecular weight is 309 g/mol. The van der Waals surface area contributed by atoms with Crippen molar-refractivity contribution in [2.45, 2.75) is 49.5 Å². The summed E-state index contributed by atoms with van der Waals surface area (Å²) >= 11 is 0. The van der Waals surface area contributed by atoms with Crippen LogP contribution in [0.25, 0.3) is 0 Å². The number of aliphatic hydroxyl groups is 4. The molecule has 0 aliphatic carbocycles. The number of ether oxygens (including phenoxy) is 1. The van der Waals surface area contributed by atoms with Crippen LogP contribution in [0.15, 0.2) is 0 Å². The molecule has 0 aromatic heterocycles. The number of carboxylic acids is 2. The lowest BCUT2D eigenvalue weighted by molar-refractivity contribution is -0.238. The van der Waals surface area contributed by atoms with Gasteiger partial charge in [0, 0.05) is 6.42 Å². The molecule has 122 valence electrons. The van der Waals surface area contributed by atoms with Gasteiger partial charge in [0.2, 0.25) is 0 Å². The quantitative estimate of drug-likeness (QED) is 0.252. The molecule has 0 amide bonds. The maximum Gasteiger partial charge on any atom is 0.320 e. The van der Waals surface area contributed by atoms with E-state index in [1.165, 1.54) is 0 Å². The molecular formula is C11H19NO9. The minimum atomic E-state index is -1.64. The molecule has 0 aromatic rings. The van der Waals surface area contributed by atoms with E-state index < -0.39 is 61.7 Å². The smallest absolute Gasteiger partial charge is 0.320 e. The zero-order valence-electron chi connectivity index (χ0n) is 11.0. The van der Waals surface area contributed by atoms with E-state index in [0.29, 0.717) is 0 Å². The summed E-state index contributed by atoms with van der Waals surface area (Å²) in [4.78, 5) is 21.5. The molecule has 1 rings (SSSR count). The lowest BCUT2D eigenvalue weighted by Gasteiger charge is -2.41. The van der Waals surface area contributed by atoms with E-state index in [0.717, 1.165) is 0 Å². The van der Waals surface area contributed by atoms with Crippen LogP contribution in [0.5, 0.6) is 0 Å². The summed E-state index contributed by atoms with van der Waals surface area (Å²) < 4.78 is 5.09. The summed E-state index contributed by atoms with van der Waals surface area (Å²) in [6.07, 6.45) is -8.03. The maximum atomic E-state index is 11.0. The van der Waals surface area contributed by atoms with Gasteiger partial charge in [-0.1, -0.05) is 0 Å². The fourth-order valence-electron chi connectivity index (χ4n) is 1.98. The summed E-state index contributed by atoms with van der Waals surface area (Å²) in [6.45, 7) is -0.643. The second-order valence-electron chi connectivity index (χ2n) is 4.74. The standard InChI is InChI=1S/C11H19NO9/c13-3-5-7(16)8(17)9(18)10(21-5)12-4(11(19)20)1-2-6(14)15/h4-5,7-10,12-13,16-18H,1-3H2,(H,14,15)(H,19,20)/t4-,5+,7+,8-,9+,10?/m0/s1. The minimum Gasteiger partial charge on any atom is -0.481 e. The molecule has 1 fully saturated rings. The molecule has 10 heteroatoms. The first kappa shape index (κ1) is 17.8. The number of carbonyl (C=O) groups is 2. The van der Waals surface area contributed by atoms with E-state index in [9.17, 15) is 24.9 Å². The van der Waals surface area contributed by atoms with Gasteiger partial charge >= 0.3 is 11.9 Å². The molecule has 0 aromatic carbocycles. The van der Waals surface area contributed by atoms with Crippen LogP contribution in [-0.4, -0.2) is 85.9 Å². The second kappa shape index (κ2) is 7.64. The van der Waals surface area contributed by atoms with Gasteiger partial charge in [-0.05, 0) is 6.42 Å². The number of carboxylic acid groups (broad SMARTS) is 2. The zero-order valence-corrected chi connectivity index (χ0v) is 11.0. The van der Waals surface area contributed by atoms with Crippen molar-refractivity contribution in [2.24, 2.45) is 0 Å². The van der Waals surface area contributed by atoms with Crippen molar-refractivity contribution < 1.29 is 45.0 Å². The Balaban J connectivity index is 2.72. The van der Waals surface area contributed by atoms with Gasteiger partial charge < -0.3 is 35.4 Å². The number of hydrogen-bond acceptors (Lipinski definition) is 8. The number of hydrogen-bond donors (Lipinski definition) is 7. The van der Waals surface area contributed by atoms with E-state index in [4.69, 9.17) is 20.1 Å². The van der Waals surface area contributed by atoms with E-state index in [2.05, 4.69) is 5.32 Å². The third-order valence-electron chi connectivity index (χ3n) is 3.20. The fourth-order valence-corrected chi connectivity index (χ4v) is 1.98. The van der Waals surface area contributed by atoms with Crippen LogP contribution in [-0.2, 0) is 14.3 Å². The lowest BCUT2D eigenvalue weighted by atomic mass is 9.97. The molecule has 0 bridgehead atoms. The fraction of sp³-hybridized carbons (Fsp3) is 0.818. The van der Waals surface area contributed by atoms with Crippen LogP contribution < -0.4 is 5.32 Å². The van der Waals surface area contributed by atoms with E-state index in [-0.39, 0.29) is 6.42 Å². The van der Waals surface area contributed by atoms with Gasteiger partial charge in [-0.2, -0.15) is 0 Å². The maximum absolute atomic E-state index is 11.0. The molecule has 7 N–H and O–H groups in total. The summed E-state index contributed by atoms with van der Waals surface area (Å²) in [6, 6.07) is -1.33. The highest BCUT2D eigenvalue weighted by molar-refractivity contribution is 5.75. The molecule has 0 radical (unpaired) electrons. The molecule has 10 nitrogen and oxygen atoms in total. The van der Waals surface area contributed by atoms with Crippen molar-refractivity contribution in [1.29, 1.82) is 0 Å². The molecule has 6 atom stereocenters. The normalized spacial score (nSPS) is 34.4. The first-order chi connectivity index (χ1) is 9.77. The molecule has 1 heterocycles. The molecule has 0 saturated carbocycles. The molecule has 1 aliphatic rings. The van der Waals surface area contributed by atoms with Crippen molar-refractivity contribution in [2.75, 3.05) is 6.61 Å². The number of rotatable bonds is 7. The topological polar surface area (TPSA) is 177 Å². The molecule has 1 aliphatic heterocycles. The highest BCUT2D eigenvalue weighted by atomic mass is 16.6. The number of nitrogens with one attached hydrogen (secondary N) is 1. The molecule has 1 unspecified atom stereocenters. The SMILES string of the molecule is O=C(O)CC[C@H](NC1O[C@H](CO)[C@@H](O)[C@H](O)[C@H]1O)C(=O)O. The average Bonchev–Trinajstić information content (AvgIpc) is 2.42. The predicted octanol–water partition coefficient (Wildman–Crippen LogP) is -3.31. The molecule has 1 saturated heterocycles. The monoisotopic (exact) mass is 309 g/mol. The Morgan fingerprint density at radius 1 is 1.10 bits per heavy atom. The third kappa shape index (κ3) is 4.59. The van der Waals surface area contributed by atoms with Crippen LogP contribution >= 0.6 is 0 Å². The highest BCUT2D eigenvalue weighted by Crippen LogP contribution is 2.20. The largest absolute Gasteiger partial charge is 0.481 e. The Bertz CT molecular complexity index is 375. The summed E-state index contributed by atoms with van der Waals surface area (Å²) in [7, 11) is 0. The molecule has 0 spiro atoms. The lowest BCUT2D eigenvalue weighted by Crippen LogP contribution is -2.64. The Kier molecular flexibility index (Phi) is 6.45. The Morgan fingerprint density at radius 3 is 2.19 bits per heavy atom. The van der Waals surface area contributed by atoms with Gasteiger partial charge in [0.1, 0.15) is 36.7 Å².